The molecule has 0 aromatic heterocycles. The molecule has 3 aromatic carbocycles. The van der Waals surface area contributed by atoms with E-state index >= 15 is 0 Å². The highest BCUT2D eigenvalue weighted by atomic mass is 32.2. The second-order valence-electron chi connectivity index (χ2n) is 6.26. The molecule has 25 heavy (non-hydrogen) atoms. The van der Waals surface area contributed by atoms with E-state index in [0.29, 0.717) is 11.3 Å². The molecule has 0 N–H and O–H groups in total. The van der Waals surface area contributed by atoms with Gasteiger partial charge in [0.2, 0.25) is 0 Å². The molecular formula is C22H21O2S+. The minimum Gasteiger partial charge on any atom is -0.422 e. The predicted octanol–water partition coefficient (Wildman–Crippen LogP) is 4.75. The van der Waals surface area contributed by atoms with Gasteiger partial charge in [0.25, 0.3) is 0 Å². The second kappa shape index (κ2) is 7.24. The van der Waals surface area contributed by atoms with Gasteiger partial charge in [0.1, 0.15) is 10.6 Å². The smallest absolute Gasteiger partial charge is 0.343 e. The lowest BCUT2D eigenvalue weighted by Crippen LogP contribution is -2.10. The zero-order valence-electron chi connectivity index (χ0n) is 14.0. The van der Waals surface area contributed by atoms with E-state index in [-0.39, 0.29) is 16.5 Å². The average Bonchev–Trinajstić information content (AvgIpc) is 2.69. The monoisotopic (exact) mass is 349 g/mol. The topological polar surface area (TPSA) is 26.3 Å². The quantitative estimate of drug-likeness (QED) is 0.224. The number of benzene rings is 3. The lowest BCUT2D eigenvalue weighted by atomic mass is 10.1. The first-order valence-electron chi connectivity index (χ1n) is 8.72. The summed E-state index contributed by atoms with van der Waals surface area (Å²) in [5.74, 6) is 1.59. The molecule has 1 aliphatic heterocycles. The van der Waals surface area contributed by atoms with Gasteiger partial charge in [0, 0.05) is 17.2 Å². The average molecular weight is 349 g/mol. The third-order valence-corrected chi connectivity index (χ3v) is 7.09. The molecular weight excluding hydrogens is 328 g/mol. The van der Waals surface area contributed by atoms with Crippen LogP contribution in [0.4, 0.5) is 0 Å². The molecule has 0 aliphatic carbocycles. The summed E-state index contributed by atoms with van der Waals surface area (Å²) < 4.78 is 5.71. The number of ether oxygens (including phenoxy) is 1. The van der Waals surface area contributed by atoms with Gasteiger partial charge in [-0.25, -0.2) is 4.79 Å². The van der Waals surface area contributed by atoms with Crippen LogP contribution >= 0.6 is 0 Å². The van der Waals surface area contributed by atoms with Crippen LogP contribution in [0.2, 0.25) is 0 Å². The molecule has 1 atom stereocenters. The minimum atomic E-state index is -0.312. The number of esters is 1. The second-order valence-corrected chi connectivity index (χ2v) is 8.49. The fourth-order valence-corrected chi connectivity index (χ4v) is 5.76. The number of thiol groups is 1. The van der Waals surface area contributed by atoms with Crippen molar-refractivity contribution in [1.82, 2.24) is 0 Å². The van der Waals surface area contributed by atoms with Gasteiger partial charge >= 0.3 is 5.97 Å². The van der Waals surface area contributed by atoms with Crippen molar-refractivity contribution in [1.29, 1.82) is 0 Å². The third-order valence-electron chi connectivity index (χ3n) is 4.59. The van der Waals surface area contributed by atoms with E-state index < -0.39 is 0 Å². The lowest BCUT2D eigenvalue weighted by molar-refractivity contribution is 0.0737. The van der Waals surface area contributed by atoms with Crippen LogP contribution < -0.4 is 4.74 Å². The molecule has 2 nitrogen and oxygen atoms in total. The number of carbonyl (C=O) groups is 1. The summed E-state index contributed by atoms with van der Waals surface area (Å²) in [5.41, 5.74) is 0.570. The molecule has 3 heteroatoms. The number of hydrogen-bond acceptors (Lipinski definition) is 2. The third kappa shape index (κ3) is 3.38. The van der Waals surface area contributed by atoms with E-state index in [9.17, 15) is 4.79 Å². The van der Waals surface area contributed by atoms with Crippen LogP contribution in [0.25, 0.3) is 10.8 Å². The molecule has 126 valence electrons. The van der Waals surface area contributed by atoms with E-state index in [1.165, 1.54) is 35.3 Å². The molecule has 0 spiro atoms. The molecule has 0 saturated carbocycles. The van der Waals surface area contributed by atoms with Crippen molar-refractivity contribution in [2.24, 2.45) is 0 Å². The summed E-state index contributed by atoms with van der Waals surface area (Å²) in [6.07, 6.45) is 3.83. The number of rotatable bonds is 3. The number of fused-ring (bicyclic) bond motifs is 1. The Bertz CT molecular complexity index is 945. The Hall–Kier alpha value is -2.39. The molecule has 1 heterocycles. The molecule has 1 aliphatic rings. The highest BCUT2D eigenvalue weighted by Gasteiger charge is 2.17. The van der Waals surface area contributed by atoms with Gasteiger partial charge in [0.15, 0.2) is 0 Å². The van der Waals surface area contributed by atoms with Gasteiger partial charge < -0.3 is 4.74 Å². The molecule has 0 radical (unpaired) electrons. The molecule has 3 aromatic rings. The minimum absolute atomic E-state index is 0.209. The first kappa shape index (κ1) is 16.1. The Balaban J connectivity index is 1.74. The standard InChI is InChI=1S/C22H20O2S/c23-22(17-9-3-1-4-10-17)24-20-13-14-21(25-15-7-2-8-16-25)19-12-6-5-11-18(19)20/h1,3-6,9-15H,2,7-8,16H2/p+1. The van der Waals surface area contributed by atoms with Gasteiger partial charge in [-0.15, -0.1) is 10.5 Å². The van der Waals surface area contributed by atoms with Crippen LogP contribution in [0.1, 0.15) is 29.6 Å². The lowest BCUT2D eigenvalue weighted by Gasteiger charge is -2.13. The molecule has 1 unspecified atom stereocenters. The highest BCUT2D eigenvalue weighted by molar-refractivity contribution is 7.95. The van der Waals surface area contributed by atoms with Crippen molar-refractivity contribution < 1.29 is 9.53 Å². The summed E-state index contributed by atoms with van der Waals surface area (Å²) in [5, 5.41) is 4.73. The zero-order valence-corrected chi connectivity index (χ0v) is 14.9. The van der Waals surface area contributed by atoms with Crippen molar-refractivity contribution in [3.63, 3.8) is 0 Å². The van der Waals surface area contributed by atoms with Crippen LogP contribution in [0.5, 0.6) is 5.75 Å². The van der Waals surface area contributed by atoms with E-state index in [2.05, 4.69) is 23.6 Å². The molecule has 4 rings (SSSR count). The maximum Gasteiger partial charge on any atom is 0.343 e. The largest absolute Gasteiger partial charge is 0.422 e. The van der Waals surface area contributed by atoms with Crippen LogP contribution in [-0.2, 0) is 10.5 Å². The first-order chi connectivity index (χ1) is 12.3. The van der Waals surface area contributed by atoms with Gasteiger partial charge in [0.05, 0.1) is 16.7 Å². The van der Waals surface area contributed by atoms with Crippen molar-refractivity contribution in [2.75, 3.05) is 5.75 Å². The zero-order chi connectivity index (χ0) is 17.1. The Morgan fingerprint density at radius 1 is 0.840 bits per heavy atom. The van der Waals surface area contributed by atoms with Crippen molar-refractivity contribution in [3.8, 4) is 5.75 Å². The van der Waals surface area contributed by atoms with Crippen LogP contribution in [0, 0.1) is 0 Å². The van der Waals surface area contributed by atoms with Crippen molar-refractivity contribution in [3.05, 3.63) is 72.3 Å². The molecule has 0 bridgehead atoms. The van der Waals surface area contributed by atoms with Gasteiger partial charge in [-0.3, -0.25) is 0 Å². The van der Waals surface area contributed by atoms with Crippen LogP contribution in [0.3, 0.4) is 0 Å². The number of hydrogen-bond donors (Lipinski definition) is 0. The van der Waals surface area contributed by atoms with E-state index in [0.717, 1.165) is 5.39 Å². The Morgan fingerprint density at radius 3 is 2.36 bits per heavy atom. The summed E-state index contributed by atoms with van der Waals surface area (Å²) in [7, 11) is -0.209. The van der Waals surface area contributed by atoms with E-state index in [1.54, 1.807) is 12.1 Å². The molecule has 0 amide bonds. The van der Waals surface area contributed by atoms with E-state index in [4.69, 9.17) is 4.74 Å². The normalized spacial score (nSPS) is 17.0. The van der Waals surface area contributed by atoms with Gasteiger partial charge in [-0.05, 0) is 43.2 Å². The highest BCUT2D eigenvalue weighted by Crippen LogP contribution is 2.32. The van der Waals surface area contributed by atoms with E-state index in [1.807, 2.05) is 36.4 Å². The molecule has 0 fully saturated rings. The van der Waals surface area contributed by atoms with Gasteiger partial charge in [-0.2, -0.15) is 0 Å². The van der Waals surface area contributed by atoms with Crippen LogP contribution in [0.15, 0.2) is 71.6 Å². The maximum absolute atomic E-state index is 12.4. The SMILES string of the molecule is O=C(Oc1ccc([SH+]2=CCCCC2)c2ccccc12)c1ccccc1. The fourth-order valence-electron chi connectivity index (χ4n) is 3.31. The van der Waals surface area contributed by atoms with Crippen LogP contribution in [-0.4, -0.2) is 17.1 Å². The fraction of sp³-hybridized carbons (Fsp3) is 0.182. The predicted molar refractivity (Wildman–Crippen MR) is 107 cm³/mol. The Kier molecular flexibility index (Phi) is 4.66. The first-order valence-corrected chi connectivity index (χ1v) is 10.3. The summed E-state index contributed by atoms with van der Waals surface area (Å²) in [6.45, 7) is 0. The number of carbonyl (C=O) groups excluding carboxylic acids is 1. The van der Waals surface area contributed by atoms with Crippen molar-refractivity contribution >= 4 is 32.6 Å². The Labute approximate surface area is 150 Å². The Morgan fingerprint density at radius 2 is 1.60 bits per heavy atom. The van der Waals surface area contributed by atoms with Gasteiger partial charge in [-0.1, -0.05) is 36.4 Å². The maximum atomic E-state index is 12.4. The van der Waals surface area contributed by atoms with Crippen molar-refractivity contribution in [2.45, 2.75) is 24.2 Å². The summed E-state index contributed by atoms with van der Waals surface area (Å²) >= 11 is 0. The molecule has 0 saturated heterocycles. The summed E-state index contributed by atoms with van der Waals surface area (Å²) in [4.78, 5) is 13.8. The summed E-state index contributed by atoms with van der Waals surface area (Å²) in [6, 6.07) is 21.5.